The van der Waals surface area contributed by atoms with Crippen molar-refractivity contribution in [3.63, 3.8) is 0 Å². The van der Waals surface area contributed by atoms with Crippen molar-refractivity contribution in [2.45, 2.75) is 31.8 Å². The van der Waals surface area contributed by atoms with Crippen molar-refractivity contribution in [2.75, 3.05) is 0 Å². The van der Waals surface area contributed by atoms with Crippen molar-refractivity contribution >= 4 is 11.7 Å². The normalized spacial score (nSPS) is 16.3. The zero-order chi connectivity index (χ0) is 17.1. The van der Waals surface area contributed by atoms with Gasteiger partial charge in [0.05, 0.1) is 17.2 Å². The monoisotopic (exact) mass is 329 g/mol. The predicted octanol–water partition coefficient (Wildman–Crippen LogP) is 2.21. The average Bonchev–Trinajstić information content (AvgIpc) is 2.96. The molecule has 0 aliphatic heterocycles. The van der Waals surface area contributed by atoms with Gasteiger partial charge in [0, 0.05) is 37.0 Å². The highest BCUT2D eigenvalue weighted by atomic mass is 16.6. The summed E-state index contributed by atoms with van der Waals surface area (Å²) in [5.74, 6) is 0. The van der Waals surface area contributed by atoms with Crippen LogP contribution in [0.5, 0.6) is 0 Å². The summed E-state index contributed by atoms with van der Waals surface area (Å²) in [5, 5.41) is 20.7. The van der Waals surface area contributed by atoms with Crippen LogP contribution in [0.15, 0.2) is 30.5 Å². The molecule has 0 saturated carbocycles. The van der Waals surface area contributed by atoms with E-state index in [0.29, 0.717) is 5.56 Å². The summed E-state index contributed by atoms with van der Waals surface area (Å²) >= 11 is 0. The number of aryl methyl sites for hydroxylation is 1. The molecule has 0 bridgehead atoms. The highest BCUT2D eigenvalue weighted by Gasteiger charge is 2.24. The number of hydrogen-bond donors (Lipinski definition) is 2. The molecule has 1 aliphatic carbocycles. The molecule has 0 fully saturated rings. The van der Waals surface area contributed by atoms with E-state index in [1.807, 2.05) is 11.7 Å². The van der Waals surface area contributed by atoms with Crippen molar-refractivity contribution < 1.29 is 9.72 Å². The molecule has 1 heterocycles. The summed E-state index contributed by atoms with van der Waals surface area (Å²) in [6.07, 6.45) is 4.66. The standard InChI is InChI=1S/C16H19N5O3/c1-20-15-7-3-6-14(13(15)10-18-20)19-16(22)17-9-11-4-2-5-12(8-11)21(23)24/h2,4-5,8,10,14H,3,6-7,9H2,1H3,(H2,17,19,22). The number of non-ortho nitro benzene ring substituents is 1. The van der Waals surface area contributed by atoms with Crippen LogP contribution in [0.3, 0.4) is 0 Å². The van der Waals surface area contributed by atoms with Crippen LogP contribution in [0.4, 0.5) is 10.5 Å². The van der Waals surface area contributed by atoms with Crippen molar-refractivity contribution in [3.05, 3.63) is 57.4 Å². The second-order valence-electron chi connectivity index (χ2n) is 5.87. The van der Waals surface area contributed by atoms with Gasteiger partial charge in [-0.05, 0) is 24.8 Å². The minimum atomic E-state index is -0.449. The third kappa shape index (κ3) is 3.37. The zero-order valence-electron chi connectivity index (χ0n) is 13.4. The first kappa shape index (κ1) is 16.0. The first-order valence-corrected chi connectivity index (χ1v) is 7.83. The lowest BCUT2D eigenvalue weighted by Crippen LogP contribution is -2.38. The van der Waals surface area contributed by atoms with Gasteiger partial charge in [-0.2, -0.15) is 5.10 Å². The molecule has 2 N–H and O–H groups in total. The van der Waals surface area contributed by atoms with Gasteiger partial charge >= 0.3 is 6.03 Å². The fourth-order valence-corrected chi connectivity index (χ4v) is 3.03. The molecule has 1 aliphatic rings. The quantitative estimate of drug-likeness (QED) is 0.663. The van der Waals surface area contributed by atoms with E-state index < -0.39 is 4.92 Å². The van der Waals surface area contributed by atoms with Crippen LogP contribution < -0.4 is 10.6 Å². The maximum absolute atomic E-state index is 12.1. The van der Waals surface area contributed by atoms with Crippen LogP contribution in [0.1, 0.15) is 35.7 Å². The first-order valence-electron chi connectivity index (χ1n) is 7.83. The maximum atomic E-state index is 12.1. The molecule has 8 heteroatoms. The number of carbonyl (C=O) groups excluding carboxylic acids is 1. The van der Waals surface area contributed by atoms with Crippen molar-refractivity contribution in [3.8, 4) is 0 Å². The predicted molar refractivity (Wildman–Crippen MR) is 87.4 cm³/mol. The number of benzene rings is 1. The Balaban J connectivity index is 1.59. The number of nitro groups is 1. The Morgan fingerprint density at radius 3 is 3.12 bits per heavy atom. The number of rotatable bonds is 4. The van der Waals surface area contributed by atoms with E-state index in [1.165, 1.54) is 12.1 Å². The lowest BCUT2D eigenvalue weighted by Gasteiger charge is -2.24. The Morgan fingerprint density at radius 1 is 1.50 bits per heavy atom. The van der Waals surface area contributed by atoms with E-state index in [-0.39, 0.29) is 24.3 Å². The minimum absolute atomic E-state index is 0.0157. The number of nitro benzene ring substituents is 1. The second-order valence-corrected chi connectivity index (χ2v) is 5.87. The van der Waals surface area contributed by atoms with E-state index in [1.54, 1.807) is 18.3 Å². The van der Waals surface area contributed by atoms with Gasteiger partial charge in [0.15, 0.2) is 0 Å². The molecule has 1 aromatic heterocycles. The van der Waals surface area contributed by atoms with Crippen LogP contribution >= 0.6 is 0 Å². The first-order chi connectivity index (χ1) is 11.5. The number of nitrogens with zero attached hydrogens (tertiary/aromatic N) is 3. The third-order valence-corrected chi connectivity index (χ3v) is 4.26. The highest BCUT2D eigenvalue weighted by molar-refractivity contribution is 5.74. The molecule has 2 aromatic rings. The van der Waals surface area contributed by atoms with Crippen LogP contribution in [-0.2, 0) is 20.0 Å². The van der Waals surface area contributed by atoms with Gasteiger partial charge in [0.2, 0.25) is 0 Å². The van der Waals surface area contributed by atoms with Crippen LogP contribution in [-0.4, -0.2) is 20.7 Å². The van der Waals surface area contributed by atoms with Crippen molar-refractivity contribution in [1.29, 1.82) is 0 Å². The Labute approximate surface area is 139 Å². The third-order valence-electron chi connectivity index (χ3n) is 4.26. The van der Waals surface area contributed by atoms with Crippen molar-refractivity contribution in [1.82, 2.24) is 20.4 Å². The molecular weight excluding hydrogens is 310 g/mol. The molecule has 1 unspecified atom stereocenters. The fraction of sp³-hybridized carbons (Fsp3) is 0.375. The maximum Gasteiger partial charge on any atom is 0.315 e. The van der Waals surface area contributed by atoms with Crippen LogP contribution in [0.25, 0.3) is 0 Å². The molecule has 126 valence electrons. The molecule has 0 saturated heterocycles. The topological polar surface area (TPSA) is 102 Å². The number of fused-ring (bicyclic) bond motifs is 1. The Morgan fingerprint density at radius 2 is 2.33 bits per heavy atom. The van der Waals surface area contributed by atoms with Gasteiger partial charge in [-0.15, -0.1) is 0 Å². The van der Waals surface area contributed by atoms with Gasteiger partial charge in [0.25, 0.3) is 5.69 Å². The average molecular weight is 329 g/mol. The van der Waals surface area contributed by atoms with Gasteiger partial charge in [-0.3, -0.25) is 14.8 Å². The van der Waals surface area contributed by atoms with Gasteiger partial charge in [0.1, 0.15) is 0 Å². The SMILES string of the molecule is Cn1ncc2c1CCCC2NC(=O)NCc1cccc([N+](=O)[O-])c1. The molecule has 8 nitrogen and oxygen atoms in total. The van der Waals surface area contributed by atoms with E-state index in [4.69, 9.17) is 0 Å². The Bertz CT molecular complexity index is 771. The number of carbonyl (C=O) groups is 1. The van der Waals surface area contributed by atoms with E-state index >= 15 is 0 Å². The summed E-state index contributed by atoms with van der Waals surface area (Å²) < 4.78 is 1.85. The molecule has 2 amide bonds. The van der Waals surface area contributed by atoms with Crippen molar-refractivity contribution in [2.24, 2.45) is 7.05 Å². The molecule has 0 radical (unpaired) electrons. The second kappa shape index (κ2) is 6.69. The summed E-state index contributed by atoms with van der Waals surface area (Å²) in [6.45, 7) is 0.236. The van der Waals surface area contributed by atoms with Gasteiger partial charge < -0.3 is 10.6 Å². The molecule has 3 rings (SSSR count). The number of nitrogens with one attached hydrogen (secondary N) is 2. The molecule has 24 heavy (non-hydrogen) atoms. The number of amides is 2. The van der Waals surface area contributed by atoms with E-state index in [2.05, 4.69) is 15.7 Å². The zero-order valence-corrected chi connectivity index (χ0v) is 13.4. The van der Waals surface area contributed by atoms with Crippen LogP contribution in [0, 0.1) is 10.1 Å². The minimum Gasteiger partial charge on any atom is -0.334 e. The number of hydrogen-bond acceptors (Lipinski definition) is 4. The van der Waals surface area contributed by atoms with E-state index in [9.17, 15) is 14.9 Å². The van der Waals surface area contributed by atoms with Gasteiger partial charge in [-0.25, -0.2) is 4.79 Å². The number of aromatic nitrogens is 2. The molecule has 0 spiro atoms. The smallest absolute Gasteiger partial charge is 0.315 e. The summed E-state index contributed by atoms with van der Waals surface area (Å²) in [5.41, 5.74) is 2.92. The molecular formula is C16H19N5O3. The lowest BCUT2D eigenvalue weighted by molar-refractivity contribution is -0.384. The lowest BCUT2D eigenvalue weighted by atomic mass is 9.93. The molecule has 1 atom stereocenters. The summed E-state index contributed by atoms with van der Waals surface area (Å²) in [4.78, 5) is 22.5. The Kier molecular flexibility index (Phi) is 4.45. The number of urea groups is 1. The van der Waals surface area contributed by atoms with Crippen LogP contribution in [0.2, 0.25) is 0 Å². The fourth-order valence-electron chi connectivity index (χ4n) is 3.03. The Hall–Kier alpha value is -2.90. The molecule has 1 aromatic carbocycles. The van der Waals surface area contributed by atoms with Gasteiger partial charge in [-0.1, -0.05) is 12.1 Å². The van der Waals surface area contributed by atoms with E-state index in [0.717, 1.165) is 30.5 Å². The summed E-state index contributed by atoms with van der Waals surface area (Å²) in [6, 6.07) is 5.90. The summed E-state index contributed by atoms with van der Waals surface area (Å²) in [7, 11) is 1.91. The largest absolute Gasteiger partial charge is 0.334 e. The highest BCUT2D eigenvalue weighted by Crippen LogP contribution is 2.28.